The number of nitrogen functional groups attached to an aromatic ring is 1. The number of nitrogens with two attached hydrogens (primary N) is 1. The second-order valence-corrected chi connectivity index (χ2v) is 3.72. The van der Waals surface area contributed by atoms with Gasteiger partial charge in [-0.2, -0.15) is 4.98 Å². The molecule has 1 aromatic rings. The third kappa shape index (κ3) is 2.02. The molecule has 1 unspecified atom stereocenters. The molecule has 0 aromatic carbocycles. The Bertz CT molecular complexity index is 466. The van der Waals surface area contributed by atoms with Crippen LogP contribution in [0.1, 0.15) is 6.23 Å². The lowest BCUT2D eigenvalue weighted by Gasteiger charge is -2.16. The first-order valence-electron chi connectivity index (χ1n) is 4.97. The predicted molar refractivity (Wildman–Crippen MR) is 54.8 cm³/mol. The van der Waals surface area contributed by atoms with Gasteiger partial charge in [0.1, 0.15) is 18.0 Å². The molecule has 1 saturated heterocycles. The van der Waals surface area contributed by atoms with Crippen LogP contribution in [0, 0.1) is 0 Å². The molecule has 8 heteroatoms. The molecule has 0 aliphatic carbocycles. The molecule has 1 fully saturated rings. The van der Waals surface area contributed by atoms with E-state index >= 15 is 0 Å². The maximum Gasteiger partial charge on any atom is 0.351 e. The second-order valence-electron chi connectivity index (χ2n) is 3.72. The average Bonchev–Trinajstić information content (AvgIpc) is 2.57. The Labute approximate surface area is 95.3 Å². The number of hydrogen-bond donors (Lipinski definition) is 3. The summed E-state index contributed by atoms with van der Waals surface area (Å²) < 4.78 is 19.4. The largest absolute Gasteiger partial charge is 0.394 e. The highest BCUT2D eigenvalue weighted by molar-refractivity contribution is 5.23. The van der Waals surface area contributed by atoms with E-state index in [1.807, 2.05) is 0 Å². The SMILES string of the molecule is Nc1ccn([C@@H]2OC(CO)[C@H](F)[C@H]2O)c(=O)n1. The summed E-state index contributed by atoms with van der Waals surface area (Å²) in [6.45, 7) is -0.578. The lowest BCUT2D eigenvalue weighted by Crippen LogP contribution is -2.34. The minimum Gasteiger partial charge on any atom is -0.394 e. The van der Waals surface area contributed by atoms with E-state index in [4.69, 9.17) is 15.6 Å². The van der Waals surface area contributed by atoms with Gasteiger partial charge in [0.2, 0.25) is 0 Å². The maximum absolute atomic E-state index is 13.4. The molecule has 0 spiro atoms. The number of aliphatic hydroxyl groups is 2. The molecule has 1 aromatic heterocycles. The van der Waals surface area contributed by atoms with E-state index in [2.05, 4.69) is 4.98 Å². The van der Waals surface area contributed by atoms with Gasteiger partial charge in [-0.05, 0) is 6.07 Å². The summed E-state index contributed by atoms with van der Waals surface area (Å²) in [5.74, 6) is 0.0224. The minimum atomic E-state index is -1.76. The van der Waals surface area contributed by atoms with Gasteiger partial charge in [-0.1, -0.05) is 0 Å². The Morgan fingerprint density at radius 2 is 2.35 bits per heavy atom. The molecule has 0 amide bonds. The number of nitrogens with zero attached hydrogens (tertiary/aromatic N) is 2. The molecule has 1 aliphatic rings. The minimum absolute atomic E-state index is 0.0224. The Kier molecular flexibility index (Phi) is 3.09. The van der Waals surface area contributed by atoms with Gasteiger partial charge < -0.3 is 20.7 Å². The summed E-state index contributed by atoms with van der Waals surface area (Å²) in [6, 6.07) is 1.33. The molecular weight excluding hydrogens is 233 g/mol. The van der Waals surface area contributed by atoms with Crippen LogP contribution in [0.15, 0.2) is 17.1 Å². The Morgan fingerprint density at radius 1 is 1.65 bits per heavy atom. The number of alkyl halides is 1. The quantitative estimate of drug-likeness (QED) is 0.579. The first-order valence-corrected chi connectivity index (χ1v) is 4.97. The monoisotopic (exact) mass is 245 g/mol. The molecule has 4 N–H and O–H groups in total. The highest BCUT2D eigenvalue weighted by Crippen LogP contribution is 2.30. The molecule has 94 valence electrons. The third-order valence-electron chi connectivity index (χ3n) is 2.59. The number of aliphatic hydroxyl groups excluding tert-OH is 2. The van der Waals surface area contributed by atoms with E-state index in [0.717, 1.165) is 4.57 Å². The van der Waals surface area contributed by atoms with Gasteiger partial charge >= 0.3 is 5.69 Å². The van der Waals surface area contributed by atoms with Crippen LogP contribution in [0.5, 0.6) is 0 Å². The Morgan fingerprint density at radius 3 is 2.88 bits per heavy atom. The molecule has 4 atom stereocenters. The van der Waals surface area contributed by atoms with Crippen LogP contribution in [0.4, 0.5) is 10.2 Å². The van der Waals surface area contributed by atoms with Crippen LogP contribution >= 0.6 is 0 Å². The third-order valence-corrected chi connectivity index (χ3v) is 2.59. The van der Waals surface area contributed by atoms with Crippen molar-refractivity contribution in [2.24, 2.45) is 0 Å². The average molecular weight is 245 g/mol. The van der Waals surface area contributed by atoms with Crippen molar-refractivity contribution in [1.82, 2.24) is 9.55 Å². The number of aromatic nitrogens is 2. The normalized spacial score (nSPS) is 32.9. The zero-order valence-corrected chi connectivity index (χ0v) is 8.73. The fourth-order valence-corrected chi connectivity index (χ4v) is 1.71. The number of hydrogen-bond acceptors (Lipinski definition) is 6. The molecular formula is C9H12FN3O4. The van der Waals surface area contributed by atoms with Crippen molar-refractivity contribution in [2.45, 2.75) is 24.6 Å². The van der Waals surface area contributed by atoms with Crippen LogP contribution in [-0.2, 0) is 4.74 Å². The molecule has 17 heavy (non-hydrogen) atoms. The lowest BCUT2D eigenvalue weighted by molar-refractivity contribution is -0.0536. The van der Waals surface area contributed by atoms with Crippen molar-refractivity contribution < 1.29 is 19.3 Å². The van der Waals surface area contributed by atoms with E-state index in [-0.39, 0.29) is 5.82 Å². The van der Waals surface area contributed by atoms with Crippen LogP contribution in [0.2, 0.25) is 0 Å². The van der Waals surface area contributed by atoms with E-state index in [0.29, 0.717) is 0 Å². The summed E-state index contributed by atoms with van der Waals surface area (Å²) in [7, 11) is 0. The maximum atomic E-state index is 13.4. The molecule has 7 nitrogen and oxygen atoms in total. The van der Waals surface area contributed by atoms with Crippen molar-refractivity contribution in [3.63, 3.8) is 0 Å². The Balaban J connectivity index is 2.32. The number of rotatable bonds is 2. The van der Waals surface area contributed by atoms with Crippen LogP contribution < -0.4 is 11.4 Å². The van der Waals surface area contributed by atoms with Crippen LogP contribution in [0.3, 0.4) is 0 Å². The van der Waals surface area contributed by atoms with Crippen LogP contribution in [-0.4, -0.2) is 44.8 Å². The number of halogens is 1. The summed E-state index contributed by atoms with van der Waals surface area (Å²) in [5, 5.41) is 18.4. The molecule has 1 aliphatic heterocycles. The van der Waals surface area contributed by atoms with Gasteiger partial charge in [0.05, 0.1) is 6.61 Å². The van der Waals surface area contributed by atoms with E-state index in [9.17, 15) is 14.3 Å². The fraction of sp³-hybridized carbons (Fsp3) is 0.556. The van der Waals surface area contributed by atoms with Crippen LogP contribution in [0.25, 0.3) is 0 Å². The van der Waals surface area contributed by atoms with Crippen molar-refractivity contribution in [1.29, 1.82) is 0 Å². The predicted octanol–water partition coefficient (Wildman–Crippen LogP) is -1.59. The first-order chi connectivity index (χ1) is 8.04. The Hall–Kier alpha value is -1.51. The highest BCUT2D eigenvalue weighted by atomic mass is 19.1. The van der Waals surface area contributed by atoms with Gasteiger partial charge in [0.25, 0.3) is 0 Å². The fourth-order valence-electron chi connectivity index (χ4n) is 1.71. The van der Waals surface area contributed by atoms with Gasteiger partial charge in [-0.25, -0.2) is 9.18 Å². The van der Waals surface area contributed by atoms with Crippen molar-refractivity contribution in [3.8, 4) is 0 Å². The van der Waals surface area contributed by atoms with E-state index < -0.39 is 36.9 Å². The summed E-state index contributed by atoms with van der Waals surface area (Å²) >= 11 is 0. The van der Waals surface area contributed by atoms with Gasteiger partial charge in [0, 0.05) is 6.20 Å². The zero-order valence-electron chi connectivity index (χ0n) is 8.73. The number of ether oxygens (including phenoxy) is 1. The highest BCUT2D eigenvalue weighted by Gasteiger charge is 2.45. The molecule has 2 heterocycles. The van der Waals surface area contributed by atoms with E-state index in [1.165, 1.54) is 12.3 Å². The smallest absolute Gasteiger partial charge is 0.351 e. The molecule has 0 radical (unpaired) electrons. The summed E-state index contributed by atoms with van der Waals surface area (Å²) in [6.07, 6.45) is -4.39. The molecule has 2 rings (SSSR count). The standard InChI is InChI=1S/C9H12FN3O4/c10-6-4(3-14)17-8(7(6)15)13-2-1-5(11)12-9(13)16/h1-2,4,6-8,14-15H,3H2,(H2,11,12,16)/t4?,6-,7+,8+/m0/s1. The summed E-state index contributed by atoms with van der Waals surface area (Å²) in [5.41, 5.74) is 4.55. The van der Waals surface area contributed by atoms with Crippen molar-refractivity contribution >= 4 is 5.82 Å². The topological polar surface area (TPSA) is 111 Å². The first kappa shape index (κ1) is 12.0. The van der Waals surface area contributed by atoms with Crippen molar-refractivity contribution in [3.05, 3.63) is 22.7 Å². The second kappa shape index (κ2) is 4.40. The zero-order chi connectivity index (χ0) is 12.6. The van der Waals surface area contributed by atoms with E-state index in [1.54, 1.807) is 0 Å². The number of anilines is 1. The molecule has 0 bridgehead atoms. The van der Waals surface area contributed by atoms with Gasteiger partial charge in [-0.15, -0.1) is 0 Å². The summed E-state index contributed by atoms with van der Waals surface area (Å²) in [4.78, 5) is 14.9. The van der Waals surface area contributed by atoms with Gasteiger partial charge in [-0.3, -0.25) is 4.57 Å². The van der Waals surface area contributed by atoms with Gasteiger partial charge in [0.15, 0.2) is 12.4 Å². The lowest BCUT2D eigenvalue weighted by atomic mass is 10.1. The molecule has 0 saturated carbocycles. The van der Waals surface area contributed by atoms with Crippen molar-refractivity contribution in [2.75, 3.05) is 12.3 Å².